The molecular weight excluding hydrogens is 192 g/mol. The number of fused-ring (bicyclic) bond motifs is 1. The third-order valence-electron chi connectivity index (χ3n) is 2.00. The van der Waals surface area contributed by atoms with E-state index in [-0.39, 0.29) is 10.7 Å². The van der Waals surface area contributed by atoms with Crippen molar-refractivity contribution in [2.24, 2.45) is 0 Å². The second-order valence-corrected chi connectivity index (χ2v) is 3.21. The van der Waals surface area contributed by atoms with E-state index >= 15 is 0 Å². The van der Waals surface area contributed by atoms with Gasteiger partial charge in [0, 0.05) is 18.7 Å². The second kappa shape index (κ2) is 2.97. The first-order valence-corrected chi connectivity index (χ1v) is 4.18. The fourth-order valence-corrected chi connectivity index (χ4v) is 1.64. The molecule has 4 nitrogen and oxygen atoms in total. The molecule has 0 fully saturated rings. The Hall–Kier alpha value is -1.13. The van der Waals surface area contributed by atoms with Crippen LogP contribution in [0.2, 0.25) is 5.15 Å². The number of aromatic carboxylic acids is 1. The van der Waals surface area contributed by atoms with Crippen LogP contribution in [0.25, 0.3) is 0 Å². The highest BCUT2D eigenvalue weighted by Gasteiger charge is 2.20. The van der Waals surface area contributed by atoms with Gasteiger partial charge in [0.15, 0.2) is 0 Å². The summed E-state index contributed by atoms with van der Waals surface area (Å²) in [6.07, 6.45) is 0. The molecule has 1 aromatic heterocycles. The van der Waals surface area contributed by atoms with Crippen molar-refractivity contribution in [2.45, 2.75) is 13.1 Å². The number of nitrogens with one attached hydrogen (secondary N) is 1. The summed E-state index contributed by atoms with van der Waals surface area (Å²) in [5.74, 6) is -0.954. The van der Waals surface area contributed by atoms with Gasteiger partial charge in [-0.1, -0.05) is 11.6 Å². The number of aromatic nitrogens is 1. The maximum Gasteiger partial charge on any atom is 0.336 e. The molecule has 0 unspecified atom stereocenters. The number of rotatable bonds is 1. The van der Waals surface area contributed by atoms with Crippen LogP contribution in [0.3, 0.4) is 0 Å². The maximum atomic E-state index is 10.8. The molecule has 5 heteroatoms. The molecule has 68 valence electrons. The van der Waals surface area contributed by atoms with Crippen LogP contribution < -0.4 is 5.32 Å². The number of carbonyl (C=O) groups is 1. The van der Waals surface area contributed by atoms with Crippen molar-refractivity contribution in [1.82, 2.24) is 10.3 Å². The van der Waals surface area contributed by atoms with Crippen molar-refractivity contribution in [2.75, 3.05) is 0 Å². The molecule has 2 heterocycles. The molecule has 13 heavy (non-hydrogen) atoms. The summed E-state index contributed by atoms with van der Waals surface area (Å²) in [4.78, 5) is 14.8. The van der Waals surface area contributed by atoms with Gasteiger partial charge in [-0.3, -0.25) is 0 Å². The lowest BCUT2D eigenvalue weighted by Gasteiger charge is -2.02. The third kappa shape index (κ3) is 1.38. The molecule has 1 aliphatic rings. The van der Waals surface area contributed by atoms with E-state index in [4.69, 9.17) is 16.7 Å². The van der Waals surface area contributed by atoms with Crippen LogP contribution in [0.4, 0.5) is 0 Å². The molecule has 0 aliphatic carbocycles. The smallest absolute Gasteiger partial charge is 0.336 e. The van der Waals surface area contributed by atoms with Crippen molar-refractivity contribution >= 4 is 17.6 Å². The average Bonchev–Trinajstić information content (AvgIpc) is 2.49. The molecular formula is C8H7ClN2O2. The van der Waals surface area contributed by atoms with E-state index in [2.05, 4.69) is 10.3 Å². The van der Waals surface area contributed by atoms with Crippen LogP contribution >= 0.6 is 11.6 Å². The molecule has 1 aromatic rings. The Kier molecular flexibility index (Phi) is 1.94. The van der Waals surface area contributed by atoms with Crippen LogP contribution in [-0.4, -0.2) is 16.1 Å². The van der Waals surface area contributed by atoms with Crippen LogP contribution in [0, 0.1) is 0 Å². The first-order chi connectivity index (χ1) is 6.18. The van der Waals surface area contributed by atoms with Crippen LogP contribution in [0.1, 0.15) is 21.6 Å². The predicted molar refractivity (Wildman–Crippen MR) is 46.8 cm³/mol. The highest BCUT2D eigenvalue weighted by Crippen LogP contribution is 2.21. The molecule has 0 spiro atoms. The highest BCUT2D eigenvalue weighted by atomic mass is 35.5. The summed E-state index contributed by atoms with van der Waals surface area (Å²) < 4.78 is 0. The van der Waals surface area contributed by atoms with Crippen molar-refractivity contribution in [3.05, 3.63) is 28.0 Å². The topological polar surface area (TPSA) is 62.2 Å². The fraction of sp³-hybridized carbons (Fsp3) is 0.250. The monoisotopic (exact) mass is 198 g/mol. The summed E-state index contributed by atoms with van der Waals surface area (Å²) in [7, 11) is 0. The van der Waals surface area contributed by atoms with Gasteiger partial charge in [-0.2, -0.15) is 0 Å². The molecule has 0 aromatic carbocycles. The van der Waals surface area contributed by atoms with Crippen molar-refractivity contribution in [3.8, 4) is 0 Å². The van der Waals surface area contributed by atoms with E-state index in [1.807, 2.05) is 0 Å². The number of carboxylic acids is 1. The molecule has 1 aliphatic heterocycles. The van der Waals surface area contributed by atoms with Crippen LogP contribution in [-0.2, 0) is 13.1 Å². The molecule has 0 amide bonds. The van der Waals surface area contributed by atoms with Crippen LogP contribution in [0.5, 0.6) is 0 Å². The Morgan fingerprint density at radius 2 is 2.38 bits per heavy atom. The summed E-state index contributed by atoms with van der Waals surface area (Å²) in [6, 6.07) is 1.38. The molecule has 0 saturated heterocycles. The standard InChI is InChI=1S/C8H7ClN2O2/c9-7-1-4(8(12)13)5-2-10-3-6(5)11-7/h1,10H,2-3H2,(H,12,13). The number of carboxylic acid groups (broad SMARTS) is 1. The van der Waals surface area contributed by atoms with Crippen molar-refractivity contribution in [1.29, 1.82) is 0 Å². The average molecular weight is 199 g/mol. The SMILES string of the molecule is O=C(O)c1cc(Cl)nc2c1CNC2. The maximum absolute atomic E-state index is 10.8. The van der Waals surface area contributed by atoms with E-state index in [0.29, 0.717) is 13.1 Å². The minimum Gasteiger partial charge on any atom is -0.478 e. The van der Waals surface area contributed by atoms with Crippen LogP contribution in [0.15, 0.2) is 6.07 Å². The van der Waals surface area contributed by atoms with Gasteiger partial charge < -0.3 is 10.4 Å². The van der Waals surface area contributed by atoms with E-state index in [1.165, 1.54) is 6.07 Å². The summed E-state index contributed by atoms with van der Waals surface area (Å²) in [5.41, 5.74) is 1.74. The van der Waals surface area contributed by atoms with E-state index in [1.54, 1.807) is 0 Å². The van der Waals surface area contributed by atoms with Gasteiger partial charge in [-0.15, -0.1) is 0 Å². The summed E-state index contributed by atoms with van der Waals surface area (Å²) in [6.45, 7) is 1.15. The number of hydrogen-bond donors (Lipinski definition) is 2. The lowest BCUT2D eigenvalue weighted by molar-refractivity contribution is 0.0695. The molecule has 0 radical (unpaired) electrons. The Labute approximate surface area is 79.5 Å². The summed E-state index contributed by atoms with van der Waals surface area (Å²) in [5, 5.41) is 12.1. The third-order valence-corrected chi connectivity index (χ3v) is 2.20. The molecule has 2 rings (SSSR count). The lowest BCUT2D eigenvalue weighted by Crippen LogP contribution is -2.05. The van der Waals surface area contributed by atoms with Gasteiger partial charge in [0.1, 0.15) is 5.15 Å². The minimum atomic E-state index is -0.954. The fourth-order valence-electron chi connectivity index (χ4n) is 1.43. The zero-order valence-corrected chi connectivity index (χ0v) is 7.43. The molecule has 2 N–H and O–H groups in total. The number of pyridine rings is 1. The largest absolute Gasteiger partial charge is 0.478 e. The highest BCUT2D eigenvalue weighted by molar-refractivity contribution is 6.29. The Bertz CT molecular complexity index is 379. The normalized spacial score (nSPS) is 14.2. The van der Waals surface area contributed by atoms with Crippen molar-refractivity contribution < 1.29 is 9.90 Å². The van der Waals surface area contributed by atoms with E-state index in [9.17, 15) is 4.79 Å². The Morgan fingerprint density at radius 1 is 1.62 bits per heavy atom. The van der Waals surface area contributed by atoms with Gasteiger partial charge >= 0.3 is 5.97 Å². The zero-order chi connectivity index (χ0) is 9.42. The quantitative estimate of drug-likeness (QED) is 0.662. The first-order valence-electron chi connectivity index (χ1n) is 3.81. The van der Waals surface area contributed by atoms with Gasteiger partial charge in [0.05, 0.1) is 11.3 Å². The summed E-state index contributed by atoms with van der Waals surface area (Å²) >= 11 is 5.67. The number of halogens is 1. The van der Waals surface area contributed by atoms with Gasteiger partial charge in [-0.25, -0.2) is 9.78 Å². The Balaban J connectivity index is 2.62. The Morgan fingerprint density at radius 3 is 3.08 bits per heavy atom. The first kappa shape index (κ1) is 8.47. The number of nitrogens with zero attached hydrogens (tertiary/aromatic N) is 1. The van der Waals surface area contributed by atoms with Crippen molar-refractivity contribution in [3.63, 3.8) is 0 Å². The minimum absolute atomic E-state index is 0.236. The van der Waals surface area contributed by atoms with Gasteiger partial charge in [0.25, 0.3) is 0 Å². The second-order valence-electron chi connectivity index (χ2n) is 2.83. The number of hydrogen-bond acceptors (Lipinski definition) is 3. The van der Waals surface area contributed by atoms with Gasteiger partial charge in [-0.05, 0) is 6.07 Å². The molecule has 0 saturated carbocycles. The molecule has 0 atom stereocenters. The van der Waals surface area contributed by atoms with E-state index in [0.717, 1.165) is 11.3 Å². The zero-order valence-electron chi connectivity index (χ0n) is 6.67. The van der Waals surface area contributed by atoms with Gasteiger partial charge in [0.2, 0.25) is 0 Å². The van der Waals surface area contributed by atoms with E-state index < -0.39 is 5.97 Å². The lowest BCUT2D eigenvalue weighted by atomic mass is 10.1. The predicted octanol–water partition coefficient (Wildman–Crippen LogP) is 1.04. The molecule has 0 bridgehead atoms.